The molecule has 7 nitrogen and oxygen atoms in total. The number of hydrogen-bond acceptors (Lipinski definition) is 6. The second-order valence-corrected chi connectivity index (χ2v) is 6.04. The molecule has 0 amide bonds. The minimum absolute atomic E-state index is 0.0358. The predicted molar refractivity (Wildman–Crippen MR) is 77.2 cm³/mol. The Morgan fingerprint density at radius 1 is 1.00 bits per heavy atom. The van der Waals surface area contributed by atoms with E-state index >= 15 is 0 Å². The van der Waals surface area contributed by atoms with Crippen LogP contribution in [-0.2, 0) is 10.0 Å². The summed E-state index contributed by atoms with van der Waals surface area (Å²) in [6.07, 6.45) is 2.95. The molecular weight excluding hydrogens is 294 g/mol. The first kappa shape index (κ1) is 15.0. The van der Waals surface area contributed by atoms with E-state index in [1.807, 2.05) is 0 Å². The third kappa shape index (κ3) is 3.05. The van der Waals surface area contributed by atoms with Crippen LogP contribution in [0.1, 0.15) is 0 Å². The monoisotopic (exact) mass is 309 g/mol. The summed E-state index contributed by atoms with van der Waals surface area (Å²) in [7, 11) is 0.484. The Kier molecular flexibility index (Phi) is 4.27. The minimum atomic E-state index is -3.81. The molecule has 0 fully saturated rings. The number of aromatic nitrogens is 2. The van der Waals surface area contributed by atoms with Gasteiger partial charge in [-0.1, -0.05) is 0 Å². The fourth-order valence-corrected chi connectivity index (χ4v) is 2.81. The summed E-state index contributed by atoms with van der Waals surface area (Å²) < 4.78 is 36.4. The second kappa shape index (κ2) is 5.96. The first-order valence-electron chi connectivity index (χ1n) is 5.98. The zero-order valence-corrected chi connectivity index (χ0v) is 12.7. The van der Waals surface area contributed by atoms with Crippen molar-refractivity contribution in [3.05, 3.63) is 36.7 Å². The largest absolute Gasteiger partial charge is 0.497 e. The Morgan fingerprint density at radius 2 is 1.52 bits per heavy atom. The van der Waals surface area contributed by atoms with Crippen molar-refractivity contribution in [2.45, 2.75) is 4.90 Å². The highest BCUT2D eigenvalue weighted by Gasteiger charge is 2.24. The van der Waals surface area contributed by atoms with Gasteiger partial charge >= 0.3 is 0 Å². The first-order valence-corrected chi connectivity index (χ1v) is 7.42. The van der Waals surface area contributed by atoms with Gasteiger partial charge < -0.3 is 9.47 Å². The SMILES string of the molecule is COc1cc(OC)cc(S(=O)(=O)N(C)c2ncccn2)c1. The summed E-state index contributed by atoms with van der Waals surface area (Å²) in [5, 5.41) is 0. The van der Waals surface area contributed by atoms with Crippen LogP contribution in [0.15, 0.2) is 41.6 Å². The van der Waals surface area contributed by atoms with Crippen LogP contribution in [0.2, 0.25) is 0 Å². The van der Waals surface area contributed by atoms with E-state index in [0.717, 1.165) is 4.31 Å². The van der Waals surface area contributed by atoms with Crippen LogP contribution < -0.4 is 13.8 Å². The van der Waals surface area contributed by atoms with Crippen LogP contribution in [-0.4, -0.2) is 39.7 Å². The summed E-state index contributed by atoms with van der Waals surface area (Å²) >= 11 is 0. The summed E-state index contributed by atoms with van der Waals surface area (Å²) in [5.41, 5.74) is 0. The Balaban J connectivity index is 2.49. The maximum absolute atomic E-state index is 12.6. The Morgan fingerprint density at radius 3 is 2.00 bits per heavy atom. The van der Waals surface area contributed by atoms with E-state index < -0.39 is 10.0 Å². The lowest BCUT2D eigenvalue weighted by Gasteiger charge is -2.18. The van der Waals surface area contributed by atoms with E-state index in [9.17, 15) is 8.42 Å². The zero-order chi connectivity index (χ0) is 15.5. The summed E-state index contributed by atoms with van der Waals surface area (Å²) in [4.78, 5) is 7.89. The molecule has 112 valence electrons. The zero-order valence-electron chi connectivity index (χ0n) is 11.8. The van der Waals surface area contributed by atoms with Crippen LogP contribution in [0.5, 0.6) is 11.5 Å². The number of rotatable bonds is 5. The van der Waals surface area contributed by atoms with Gasteiger partial charge in [0, 0.05) is 37.6 Å². The highest BCUT2D eigenvalue weighted by molar-refractivity contribution is 7.92. The van der Waals surface area contributed by atoms with Crippen LogP contribution in [0.3, 0.4) is 0 Å². The number of sulfonamides is 1. The number of nitrogens with zero attached hydrogens (tertiary/aromatic N) is 3. The number of methoxy groups -OCH3 is 2. The van der Waals surface area contributed by atoms with Crippen molar-refractivity contribution in [2.75, 3.05) is 25.6 Å². The third-order valence-electron chi connectivity index (χ3n) is 2.82. The van der Waals surface area contributed by atoms with Crippen molar-refractivity contribution >= 4 is 16.0 Å². The molecule has 2 rings (SSSR count). The molecule has 0 saturated carbocycles. The third-order valence-corrected chi connectivity index (χ3v) is 4.53. The quantitative estimate of drug-likeness (QED) is 0.828. The molecule has 2 aromatic rings. The van der Waals surface area contributed by atoms with E-state index in [-0.39, 0.29) is 10.8 Å². The van der Waals surface area contributed by atoms with Crippen molar-refractivity contribution in [3.8, 4) is 11.5 Å². The molecule has 0 aliphatic rings. The average Bonchev–Trinajstić information content (AvgIpc) is 2.54. The lowest BCUT2D eigenvalue weighted by molar-refractivity contribution is 0.392. The van der Waals surface area contributed by atoms with Crippen molar-refractivity contribution in [3.63, 3.8) is 0 Å². The molecule has 1 heterocycles. The van der Waals surface area contributed by atoms with Gasteiger partial charge in [0.15, 0.2) is 0 Å². The molecule has 8 heteroatoms. The second-order valence-electron chi connectivity index (χ2n) is 4.07. The van der Waals surface area contributed by atoms with Crippen molar-refractivity contribution < 1.29 is 17.9 Å². The van der Waals surface area contributed by atoms with Gasteiger partial charge in [-0.05, 0) is 6.07 Å². The maximum atomic E-state index is 12.6. The summed E-state index contributed by atoms with van der Waals surface area (Å²) in [5.74, 6) is 0.852. The predicted octanol–water partition coefficient (Wildman–Crippen LogP) is 1.32. The molecule has 0 N–H and O–H groups in total. The van der Waals surface area contributed by atoms with E-state index in [1.165, 1.54) is 45.8 Å². The van der Waals surface area contributed by atoms with Gasteiger partial charge in [0.25, 0.3) is 10.0 Å². The molecule has 0 unspecified atom stereocenters. The van der Waals surface area contributed by atoms with E-state index in [0.29, 0.717) is 11.5 Å². The van der Waals surface area contributed by atoms with Crippen LogP contribution in [0.4, 0.5) is 5.95 Å². The number of ether oxygens (including phenoxy) is 2. The van der Waals surface area contributed by atoms with Crippen LogP contribution in [0, 0.1) is 0 Å². The molecule has 1 aromatic carbocycles. The van der Waals surface area contributed by atoms with Crippen LogP contribution in [0.25, 0.3) is 0 Å². The van der Waals surface area contributed by atoms with Crippen molar-refractivity contribution in [1.29, 1.82) is 0 Å². The van der Waals surface area contributed by atoms with E-state index in [4.69, 9.17) is 9.47 Å². The van der Waals surface area contributed by atoms with Gasteiger partial charge in [-0.3, -0.25) is 0 Å². The van der Waals surface area contributed by atoms with Gasteiger partial charge in [0.05, 0.1) is 19.1 Å². The lowest BCUT2D eigenvalue weighted by Crippen LogP contribution is -2.28. The molecule has 0 radical (unpaired) electrons. The van der Waals surface area contributed by atoms with Gasteiger partial charge in [-0.15, -0.1) is 0 Å². The molecule has 0 saturated heterocycles. The fraction of sp³-hybridized carbons (Fsp3) is 0.231. The summed E-state index contributed by atoms with van der Waals surface area (Å²) in [6, 6.07) is 6.03. The molecule has 0 atom stereocenters. The highest BCUT2D eigenvalue weighted by Crippen LogP contribution is 2.28. The molecular formula is C13H15N3O4S. The van der Waals surface area contributed by atoms with Gasteiger partial charge in [0.2, 0.25) is 5.95 Å². The first-order chi connectivity index (χ1) is 9.98. The molecule has 21 heavy (non-hydrogen) atoms. The summed E-state index contributed by atoms with van der Waals surface area (Å²) in [6.45, 7) is 0. The maximum Gasteiger partial charge on any atom is 0.266 e. The lowest BCUT2D eigenvalue weighted by atomic mass is 10.3. The van der Waals surface area contributed by atoms with Crippen molar-refractivity contribution in [1.82, 2.24) is 9.97 Å². The molecule has 0 spiro atoms. The molecule has 0 aliphatic heterocycles. The fourth-order valence-electron chi connectivity index (χ4n) is 1.65. The molecule has 0 bridgehead atoms. The Hall–Kier alpha value is -2.35. The normalized spacial score (nSPS) is 11.0. The Bertz CT molecular complexity index is 697. The highest BCUT2D eigenvalue weighted by atomic mass is 32.2. The smallest absolute Gasteiger partial charge is 0.266 e. The standard InChI is InChI=1S/C13H15N3O4S/c1-16(13-14-5-4-6-15-13)21(17,18)12-8-10(19-2)7-11(9-12)20-3/h4-9H,1-3H3. The van der Waals surface area contributed by atoms with Gasteiger partial charge in [0.1, 0.15) is 11.5 Å². The topological polar surface area (TPSA) is 81.6 Å². The van der Waals surface area contributed by atoms with E-state index in [2.05, 4.69) is 9.97 Å². The number of benzene rings is 1. The average molecular weight is 309 g/mol. The van der Waals surface area contributed by atoms with Gasteiger partial charge in [-0.2, -0.15) is 0 Å². The number of anilines is 1. The minimum Gasteiger partial charge on any atom is -0.497 e. The van der Waals surface area contributed by atoms with E-state index in [1.54, 1.807) is 12.1 Å². The molecule has 0 aliphatic carbocycles. The van der Waals surface area contributed by atoms with Crippen LogP contribution >= 0.6 is 0 Å². The molecule has 1 aromatic heterocycles. The number of hydrogen-bond donors (Lipinski definition) is 0. The van der Waals surface area contributed by atoms with Gasteiger partial charge in [-0.25, -0.2) is 22.7 Å². The van der Waals surface area contributed by atoms with Crippen molar-refractivity contribution in [2.24, 2.45) is 0 Å². The Labute approximate surface area is 123 Å².